The maximum Gasteiger partial charge on any atom is 0.253 e. The Labute approximate surface area is 340 Å². The Morgan fingerprint density at radius 2 is 1.49 bits per heavy atom. The van der Waals surface area contributed by atoms with Gasteiger partial charge in [0.25, 0.3) is 5.91 Å². The molecule has 1 fully saturated rings. The van der Waals surface area contributed by atoms with Gasteiger partial charge >= 0.3 is 0 Å². The van der Waals surface area contributed by atoms with Crippen LogP contribution in [0.15, 0.2) is 137 Å². The number of aromatic nitrogens is 3. The highest BCUT2D eigenvalue weighted by atomic mass is 35.5. The number of ether oxygens (including phenoxy) is 4. The van der Waals surface area contributed by atoms with Gasteiger partial charge in [0.05, 0.1) is 50.1 Å². The fourth-order valence-corrected chi connectivity index (χ4v) is 8.33. The minimum atomic E-state index is -0.278. The maximum atomic E-state index is 14.5. The van der Waals surface area contributed by atoms with E-state index in [4.69, 9.17) is 35.6 Å². The van der Waals surface area contributed by atoms with Crippen LogP contribution in [0.25, 0.3) is 23.2 Å². The van der Waals surface area contributed by atoms with E-state index in [9.17, 15) is 4.79 Å². The lowest BCUT2D eigenvalue weighted by atomic mass is 9.77. The fourth-order valence-electron chi connectivity index (χ4n) is 7.35. The number of hydrogen-bond donors (Lipinski definition) is 0. The first-order valence-electron chi connectivity index (χ1n) is 18.6. The Bertz CT molecular complexity index is 2420. The number of carbonyl (C=O) groups excluding carboxylic acids is 1. The van der Waals surface area contributed by atoms with Gasteiger partial charge in [-0.3, -0.25) is 9.36 Å². The molecule has 8 rings (SSSR count). The third kappa shape index (κ3) is 8.12. The molecule has 2 heterocycles. The van der Waals surface area contributed by atoms with Crippen molar-refractivity contribution in [3.05, 3.63) is 143 Å². The highest BCUT2D eigenvalue weighted by Crippen LogP contribution is 2.45. The molecule has 1 aliphatic heterocycles. The molecule has 0 N–H and O–H groups in total. The molecule has 288 valence electrons. The van der Waals surface area contributed by atoms with Crippen LogP contribution in [-0.4, -0.2) is 58.5 Å². The van der Waals surface area contributed by atoms with Crippen molar-refractivity contribution < 1.29 is 23.7 Å². The third-order valence-electron chi connectivity index (χ3n) is 10.1. The van der Waals surface area contributed by atoms with E-state index in [1.54, 1.807) is 44.5 Å². The molecule has 2 unspecified atom stereocenters. The summed E-state index contributed by atoms with van der Waals surface area (Å²) in [6.07, 6.45) is 4.96. The van der Waals surface area contributed by atoms with Crippen LogP contribution in [-0.2, 0) is 4.79 Å². The van der Waals surface area contributed by atoms with Crippen LogP contribution in [0.5, 0.6) is 28.7 Å². The number of amides is 1. The summed E-state index contributed by atoms with van der Waals surface area (Å²) in [4.78, 5) is 14.5. The quantitative estimate of drug-likeness (QED) is 0.113. The van der Waals surface area contributed by atoms with Gasteiger partial charge in [0.15, 0.2) is 11.0 Å². The molecule has 10 nitrogen and oxygen atoms in total. The van der Waals surface area contributed by atoms with Crippen LogP contribution >= 0.6 is 23.4 Å². The number of hydrogen-bond acceptors (Lipinski definition) is 9. The highest BCUT2D eigenvalue weighted by molar-refractivity contribution is 7.99. The van der Waals surface area contributed by atoms with Gasteiger partial charge in [0.2, 0.25) is 0 Å². The summed E-state index contributed by atoms with van der Waals surface area (Å²) in [5, 5.41) is 17.1. The minimum absolute atomic E-state index is 0.0350. The molecule has 6 aromatic rings. The molecule has 57 heavy (non-hydrogen) atoms. The summed E-state index contributed by atoms with van der Waals surface area (Å²) < 4.78 is 24.5. The Morgan fingerprint density at radius 1 is 0.807 bits per heavy atom. The summed E-state index contributed by atoms with van der Waals surface area (Å²) >= 11 is 7.79. The standard InChI is InChI=1S/C45H40ClN5O5S/c1-53-34-19-12-29(13-20-34)26-31-8-7-11-38-42(31)49-51(43(38)30-14-21-35(54-2)22-15-30)41(52)28-57-45-48-47-44(39-27-32(46)16-25-40(39)55-3)50(45)33-17-23-37(24-18-33)56-36-9-5-4-6-10-36/h4-6,9-10,12-27,38,43H,7-8,11,28H2,1-3H3/b31-26-. The number of nitrogens with zero attached hydrogens (tertiary/aromatic N) is 5. The molecule has 5 aromatic carbocycles. The van der Waals surface area contributed by atoms with Crippen molar-refractivity contribution in [2.75, 3.05) is 27.1 Å². The number of halogens is 1. The summed E-state index contributed by atoms with van der Waals surface area (Å²) in [6, 6.07) is 38.2. The van der Waals surface area contributed by atoms with Crippen LogP contribution in [0.1, 0.15) is 36.4 Å². The molecule has 0 radical (unpaired) electrons. The zero-order valence-electron chi connectivity index (χ0n) is 31.7. The number of hydrazone groups is 1. The normalized spacial score (nSPS) is 16.9. The molecule has 1 aliphatic carbocycles. The predicted molar refractivity (Wildman–Crippen MR) is 224 cm³/mol. The molecule has 1 saturated carbocycles. The number of para-hydroxylation sites is 1. The van der Waals surface area contributed by atoms with Crippen LogP contribution in [0.4, 0.5) is 0 Å². The summed E-state index contributed by atoms with van der Waals surface area (Å²) in [5.41, 5.74) is 5.57. The maximum absolute atomic E-state index is 14.5. The van der Waals surface area contributed by atoms with E-state index in [1.807, 2.05) is 108 Å². The van der Waals surface area contributed by atoms with Crippen molar-refractivity contribution in [1.29, 1.82) is 0 Å². The third-order valence-corrected chi connectivity index (χ3v) is 11.3. The van der Waals surface area contributed by atoms with E-state index in [1.165, 1.54) is 11.8 Å². The second kappa shape index (κ2) is 17.0. The second-order valence-corrected chi connectivity index (χ2v) is 14.9. The van der Waals surface area contributed by atoms with E-state index in [-0.39, 0.29) is 23.6 Å². The average molecular weight is 798 g/mol. The zero-order valence-corrected chi connectivity index (χ0v) is 33.2. The van der Waals surface area contributed by atoms with Crippen molar-refractivity contribution in [3.63, 3.8) is 0 Å². The molecule has 2 atom stereocenters. The summed E-state index contributed by atoms with van der Waals surface area (Å²) in [7, 11) is 4.91. The predicted octanol–water partition coefficient (Wildman–Crippen LogP) is 10.3. The molecular formula is C45H40ClN5O5S. The van der Waals surface area contributed by atoms with Gasteiger partial charge in [-0.25, -0.2) is 5.01 Å². The number of benzene rings is 5. The van der Waals surface area contributed by atoms with Gasteiger partial charge < -0.3 is 18.9 Å². The first-order chi connectivity index (χ1) is 27.9. The number of carbonyl (C=O) groups is 1. The average Bonchev–Trinajstić information content (AvgIpc) is 3.87. The first-order valence-corrected chi connectivity index (χ1v) is 19.9. The second-order valence-electron chi connectivity index (χ2n) is 13.6. The largest absolute Gasteiger partial charge is 0.497 e. The molecule has 0 bridgehead atoms. The molecule has 2 aliphatic rings. The van der Waals surface area contributed by atoms with Crippen molar-refractivity contribution in [2.45, 2.75) is 30.5 Å². The Kier molecular flexibility index (Phi) is 11.3. The Morgan fingerprint density at radius 3 is 2.19 bits per heavy atom. The van der Waals surface area contributed by atoms with E-state index >= 15 is 0 Å². The van der Waals surface area contributed by atoms with Gasteiger partial charge in [-0.2, -0.15) is 5.10 Å². The molecule has 0 spiro atoms. The van der Waals surface area contributed by atoms with Crippen LogP contribution in [0.3, 0.4) is 0 Å². The smallest absolute Gasteiger partial charge is 0.253 e. The minimum Gasteiger partial charge on any atom is -0.497 e. The lowest BCUT2D eigenvalue weighted by molar-refractivity contribution is -0.130. The van der Waals surface area contributed by atoms with E-state index in [2.05, 4.69) is 16.3 Å². The van der Waals surface area contributed by atoms with Crippen molar-refractivity contribution >= 4 is 41.1 Å². The van der Waals surface area contributed by atoms with Crippen LogP contribution < -0.4 is 18.9 Å². The summed E-state index contributed by atoms with van der Waals surface area (Å²) in [6.45, 7) is 0. The summed E-state index contributed by atoms with van der Waals surface area (Å²) in [5.74, 6) is 4.00. The SMILES string of the molecule is COc1ccc(/C=C2/CCCC3C2=NN(C(=O)CSc2nnc(-c4cc(Cl)ccc4OC)n2-c2ccc(Oc4ccccc4)cc2)C3c2ccc(OC)cc2)cc1. The van der Waals surface area contributed by atoms with Crippen LogP contribution in [0, 0.1) is 5.92 Å². The topological polar surface area (TPSA) is 100 Å². The lowest BCUT2D eigenvalue weighted by Crippen LogP contribution is -2.32. The molecule has 1 amide bonds. The number of fused-ring (bicyclic) bond motifs is 1. The van der Waals surface area contributed by atoms with Crippen molar-refractivity contribution in [1.82, 2.24) is 19.8 Å². The molecule has 1 aromatic heterocycles. The Balaban J connectivity index is 1.12. The highest BCUT2D eigenvalue weighted by Gasteiger charge is 2.43. The molecule has 12 heteroatoms. The molecule has 0 saturated heterocycles. The van der Waals surface area contributed by atoms with E-state index < -0.39 is 0 Å². The van der Waals surface area contributed by atoms with Gasteiger partial charge in [-0.15, -0.1) is 10.2 Å². The van der Waals surface area contributed by atoms with E-state index in [0.717, 1.165) is 64.6 Å². The fraction of sp³-hybridized carbons (Fsp3) is 0.200. The van der Waals surface area contributed by atoms with Crippen molar-refractivity contribution in [2.24, 2.45) is 11.0 Å². The van der Waals surface area contributed by atoms with Gasteiger partial charge in [-0.05, 0) is 121 Å². The number of thioether (sulfide) groups is 1. The lowest BCUT2D eigenvalue weighted by Gasteiger charge is -2.29. The Hall–Kier alpha value is -6.04. The zero-order chi connectivity index (χ0) is 39.3. The molecular weight excluding hydrogens is 758 g/mol. The monoisotopic (exact) mass is 797 g/mol. The number of rotatable bonds is 12. The van der Waals surface area contributed by atoms with Crippen LogP contribution in [0.2, 0.25) is 5.02 Å². The van der Waals surface area contributed by atoms with Crippen molar-refractivity contribution in [3.8, 4) is 45.8 Å². The van der Waals surface area contributed by atoms with E-state index in [0.29, 0.717) is 33.1 Å². The number of methoxy groups -OCH3 is 3. The number of allylic oxidation sites excluding steroid dienone is 1. The van der Waals surface area contributed by atoms with Gasteiger partial charge in [0.1, 0.15) is 28.7 Å². The van der Waals surface area contributed by atoms with Gasteiger partial charge in [-0.1, -0.05) is 65.8 Å². The first kappa shape index (κ1) is 37.9. The van der Waals surface area contributed by atoms with Gasteiger partial charge in [0, 0.05) is 10.9 Å².